The molecule has 1 aromatic rings. The van der Waals surface area contributed by atoms with E-state index >= 15 is 0 Å². The molecule has 1 fully saturated rings. The zero-order valence-corrected chi connectivity index (χ0v) is 12.4. The van der Waals surface area contributed by atoms with Gasteiger partial charge in [0.1, 0.15) is 0 Å². The Balaban J connectivity index is 2.30. The van der Waals surface area contributed by atoms with E-state index in [9.17, 15) is 8.42 Å². The monoisotopic (exact) mass is 303 g/mol. The van der Waals surface area contributed by atoms with Crippen LogP contribution in [0.1, 0.15) is 25.3 Å². The first-order chi connectivity index (χ1) is 8.98. The van der Waals surface area contributed by atoms with E-state index in [1.807, 2.05) is 0 Å². The van der Waals surface area contributed by atoms with Gasteiger partial charge in [-0.2, -0.15) is 4.31 Å². The van der Waals surface area contributed by atoms with Gasteiger partial charge in [0.25, 0.3) is 0 Å². The minimum atomic E-state index is -3.47. The molecule has 0 aromatic heterocycles. The number of halogens is 1. The van der Waals surface area contributed by atoms with E-state index in [2.05, 4.69) is 6.92 Å². The van der Waals surface area contributed by atoms with Gasteiger partial charge in [0, 0.05) is 18.1 Å². The highest BCUT2D eigenvalue weighted by molar-refractivity contribution is 7.89. The number of rotatable bonds is 4. The van der Waals surface area contributed by atoms with Crippen molar-refractivity contribution in [2.75, 3.05) is 13.1 Å². The molecular weight excluding hydrogens is 286 g/mol. The van der Waals surface area contributed by atoms with Crippen LogP contribution in [0.15, 0.2) is 23.1 Å². The van der Waals surface area contributed by atoms with Crippen LogP contribution in [0.2, 0.25) is 5.02 Å². The molecule has 1 aromatic carbocycles. The number of benzene rings is 1. The van der Waals surface area contributed by atoms with Gasteiger partial charge in [-0.1, -0.05) is 24.9 Å². The molecule has 1 heterocycles. The number of nitrogens with zero attached hydrogens (tertiary/aromatic N) is 1. The molecule has 4 nitrogen and oxygen atoms in total. The number of aliphatic hydroxyl groups is 1. The molecule has 1 saturated heterocycles. The maximum atomic E-state index is 12.5. The third kappa shape index (κ3) is 2.94. The Bertz CT molecular complexity index is 559. The van der Waals surface area contributed by atoms with Crippen LogP contribution in [-0.2, 0) is 16.6 Å². The average Bonchev–Trinajstić information content (AvgIpc) is 2.88. The second-order valence-corrected chi connectivity index (χ2v) is 7.18. The number of aliphatic hydroxyl groups excluding tert-OH is 1. The molecule has 1 aliphatic heterocycles. The summed E-state index contributed by atoms with van der Waals surface area (Å²) in [6, 6.07) is 4.47. The smallest absolute Gasteiger partial charge is 0.243 e. The van der Waals surface area contributed by atoms with E-state index < -0.39 is 10.0 Å². The molecule has 1 atom stereocenters. The van der Waals surface area contributed by atoms with Crippen molar-refractivity contribution in [2.24, 2.45) is 5.92 Å². The van der Waals surface area contributed by atoms with Crippen LogP contribution in [0.4, 0.5) is 0 Å². The Morgan fingerprint density at radius 1 is 1.47 bits per heavy atom. The van der Waals surface area contributed by atoms with E-state index in [1.54, 1.807) is 0 Å². The van der Waals surface area contributed by atoms with Gasteiger partial charge < -0.3 is 5.11 Å². The van der Waals surface area contributed by atoms with Crippen molar-refractivity contribution in [3.05, 3.63) is 28.8 Å². The Hall–Kier alpha value is -0.620. The Kier molecular flexibility index (Phi) is 4.50. The lowest BCUT2D eigenvalue weighted by Crippen LogP contribution is -2.29. The molecule has 0 aliphatic carbocycles. The van der Waals surface area contributed by atoms with E-state index in [0.29, 0.717) is 29.6 Å². The molecule has 106 valence electrons. The summed E-state index contributed by atoms with van der Waals surface area (Å²) in [7, 11) is -3.47. The Morgan fingerprint density at radius 3 is 2.79 bits per heavy atom. The first-order valence-corrected chi connectivity index (χ1v) is 8.20. The summed E-state index contributed by atoms with van der Waals surface area (Å²) in [5.41, 5.74) is 0.439. The molecule has 0 saturated carbocycles. The van der Waals surface area contributed by atoms with Gasteiger partial charge in [0.15, 0.2) is 0 Å². The van der Waals surface area contributed by atoms with Gasteiger partial charge in [-0.3, -0.25) is 0 Å². The maximum absolute atomic E-state index is 12.5. The highest BCUT2D eigenvalue weighted by atomic mass is 35.5. The van der Waals surface area contributed by atoms with Gasteiger partial charge in [0.05, 0.1) is 11.5 Å². The summed E-state index contributed by atoms with van der Waals surface area (Å²) in [6.45, 7) is 2.96. The standard InChI is InChI=1S/C13H18ClNO3S/c1-2-10-5-6-15(8-10)19(17,18)12-3-4-13(14)11(7-12)9-16/h3-4,7,10,16H,2,5-6,8-9H2,1H3. The zero-order chi connectivity index (χ0) is 14.0. The predicted molar refractivity (Wildman–Crippen MR) is 74.5 cm³/mol. The molecule has 1 unspecified atom stereocenters. The van der Waals surface area contributed by atoms with Crippen LogP contribution >= 0.6 is 11.6 Å². The van der Waals surface area contributed by atoms with Crippen LogP contribution in [0.5, 0.6) is 0 Å². The SMILES string of the molecule is CCC1CCN(S(=O)(=O)c2ccc(Cl)c(CO)c2)C1. The van der Waals surface area contributed by atoms with Crippen molar-refractivity contribution in [2.45, 2.75) is 31.3 Å². The quantitative estimate of drug-likeness (QED) is 0.928. The maximum Gasteiger partial charge on any atom is 0.243 e. The second-order valence-electron chi connectivity index (χ2n) is 4.84. The fourth-order valence-electron chi connectivity index (χ4n) is 2.33. The van der Waals surface area contributed by atoms with Crippen LogP contribution in [0, 0.1) is 5.92 Å². The molecule has 1 aliphatic rings. The minimum Gasteiger partial charge on any atom is -0.392 e. The first-order valence-electron chi connectivity index (χ1n) is 6.38. The highest BCUT2D eigenvalue weighted by Gasteiger charge is 2.31. The van der Waals surface area contributed by atoms with Crippen molar-refractivity contribution in [1.29, 1.82) is 0 Å². The summed E-state index contributed by atoms with van der Waals surface area (Å²) in [5, 5.41) is 9.54. The van der Waals surface area contributed by atoms with E-state index in [-0.39, 0.29) is 11.5 Å². The molecule has 0 amide bonds. The first kappa shape index (κ1) is 14.8. The minimum absolute atomic E-state index is 0.206. The molecule has 0 spiro atoms. The fraction of sp³-hybridized carbons (Fsp3) is 0.538. The van der Waals surface area contributed by atoms with Gasteiger partial charge in [-0.05, 0) is 36.1 Å². The number of hydrogen-bond acceptors (Lipinski definition) is 3. The molecule has 1 N–H and O–H groups in total. The third-order valence-corrected chi connectivity index (χ3v) is 5.88. The van der Waals surface area contributed by atoms with Gasteiger partial charge in [-0.15, -0.1) is 0 Å². The van der Waals surface area contributed by atoms with Gasteiger partial charge in [0.2, 0.25) is 10.0 Å². The van der Waals surface area contributed by atoms with Crippen LogP contribution in [0.3, 0.4) is 0 Å². The lowest BCUT2D eigenvalue weighted by atomic mass is 10.1. The third-order valence-electron chi connectivity index (χ3n) is 3.65. The van der Waals surface area contributed by atoms with E-state index in [1.165, 1.54) is 22.5 Å². The summed E-state index contributed by atoms with van der Waals surface area (Å²) < 4.78 is 26.5. The average molecular weight is 304 g/mol. The second kappa shape index (κ2) is 5.79. The summed E-state index contributed by atoms with van der Waals surface area (Å²) in [5.74, 6) is 0.444. The summed E-state index contributed by atoms with van der Waals surface area (Å²) in [6.07, 6.45) is 1.91. The number of hydrogen-bond donors (Lipinski definition) is 1. The van der Waals surface area contributed by atoms with Gasteiger partial charge >= 0.3 is 0 Å². The normalized spacial score (nSPS) is 20.9. The van der Waals surface area contributed by atoms with Crippen molar-refractivity contribution in [1.82, 2.24) is 4.31 Å². The topological polar surface area (TPSA) is 57.6 Å². The van der Waals surface area contributed by atoms with E-state index in [0.717, 1.165) is 12.8 Å². The van der Waals surface area contributed by atoms with Crippen molar-refractivity contribution in [3.63, 3.8) is 0 Å². The molecular formula is C13H18ClNO3S. The zero-order valence-electron chi connectivity index (χ0n) is 10.8. The lowest BCUT2D eigenvalue weighted by molar-refractivity contribution is 0.281. The van der Waals surface area contributed by atoms with Crippen LogP contribution in [-0.4, -0.2) is 30.9 Å². The molecule has 0 bridgehead atoms. The van der Waals surface area contributed by atoms with Gasteiger partial charge in [-0.25, -0.2) is 8.42 Å². The summed E-state index contributed by atoms with van der Waals surface area (Å²) >= 11 is 5.88. The molecule has 2 rings (SSSR count). The van der Waals surface area contributed by atoms with E-state index in [4.69, 9.17) is 16.7 Å². The largest absolute Gasteiger partial charge is 0.392 e. The van der Waals surface area contributed by atoms with Crippen LogP contribution < -0.4 is 0 Å². The molecule has 0 radical (unpaired) electrons. The molecule has 19 heavy (non-hydrogen) atoms. The highest BCUT2D eigenvalue weighted by Crippen LogP contribution is 2.28. The fourth-order valence-corrected chi connectivity index (χ4v) is 4.09. The summed E-state index contributed by atoms with van der Waals surface area (Å²) in [4.78, 5) is 0.206. The number of sulfonamides is 1. The Morgan fingerprint density at radius 2 is 2.21 bits per heavy atom. The van der Waals surface area contributed by atoms with Crippen molar-refractivity contribution in [3.8, 4) is 0 Å². The van der Waals surface area contributed by atoms with Crippen molar-refractivity contribution < 1.29 is 13.5 Å². The molecule has 6 heteroatoms. The van der Waals surface area contributed by atoms with Crippen molar-refractivity contribution >= 4 is 21.6 Å². The Labute approximate surface area is 119 Å². The van der Waals surface area contributed by atoms with Crippen LogP contribution in [0.25, 0.3) is 0 Å². The lowest BCUT2D eigenvalue weighted by Gasteiger charge is -2.17. The predicted octanol–water partition coefficient (Wildman–Crippen LogP) is 2.25.